The molecule has 2 rings (SSSR count). The molecule has 0 aliphatic heterocycles. The molecule has 0 aromatic heterocycles. The number of carbonyl (C=O) groups excluding carboxylic acids is 1. The summed E-state index contributed by atoms with van der Waals surface area (Å²) in [5, 5.41) is 3.51. The Bertz CT molecular complexity index is 411. The summed E-state index contributed by atoms with van der Waals surface area (Å²) in [5.41, 5.74) is 1.82. The average molecular weight is 252 g/mol. The number of amides is 1. The number of anilines is 1. The SMILES string of the molecule is Cc1ccc(NC(=O)CC2CCCC2)c(Cl)c1. The Labute approximate surface area is 107 Å². The van der Waals surface area contributed by atoms with Crippen LogP contribution in [0.15, 0.2) is 18.2 Å². The minimum atomic E-state index is 0.0858. The zero-order valence-corrected chi connectivity index (χ0v) is 10.9. The molecule has 0 atom stereocenters. The molecule has 0 saturated heterocycles. The second-order valence-corrected chi connectivity index (χ2v) is 5.29. The molecule has 0 unspecified atom stereocenters. The molecule has 0 spiro atoms. The van der Waals surface area contributed by atoms with Crippen molar-refractivity contribution in [3.05, 3.63) is 28.8 Å². The summed E-state index contributed by atoms with van der Waals surface area (Å²) in [4.78, 5) is 11.8. The van der Waals surface area contributed by atoms with Gasteiger partial charge in [0.1, 0.15) is 0 Å². The van der Waals surface area contributed by atoms with Gasteiger partial charge in [-0.1, -0.05) is 30.5 Å². The maximum absolute atomic E-state index is 11.8. The molecule has 1 aliphatic rings. The van der Waals surface area contributed by atoms with Gasteiger partial charge in [-0.25, -0.2) is 0 Å². The van der Waals surface area contributed by atoms with Crippen molar-refractivity contribution in [2.24, 2.45) is 5.92 Å². The van der Waals surface area contributed by atoms with Crippen molar-refractivity contribution in [2.45, 2.75) is 39.0 Å². The Morgan fingerprint density at radius 2 is 2.12 bits per heavy atom. The number of hydrogen-bond acceptors (Lipinski definition) is 1. The lowest BCUT2D eigenvalue weighted by Gasteiger charge is -2.11. The number of carbonyl (C=O) groups is 1. The van der Waals surface area contributed by atoms with Crippen LogP contribution in [-0.2, 0) is 4.79 Å². The van der Waals surface area contributed by atoms with E-state index in [1.165, 1.54) is 25.7 Å². The van der Waals surface area contributed by atoms with E-state index >= 15 is 0 Å². The fraction of sp³-hybridized carbons (Fsp3) is 0.500. The second-order valence-electron chi connectivity index (χ2n) is 4.89. The first-order chi connectivity index (χ1) is 8.15. The minimum absolute atomic E-state index is 0.0858. The second kappa shape index (κ2) is 5.54. The summed E-state index contributed by atoms with van der Waals surface area (Å²) < 4.78 is 0. The van der Waals surface area contributed by atoms with E-state index in [0.717, 1.165) is 11.3 Å². The van der Waals surface area contributed by atoms with Crippen molar-refractivity contribution in [1.29, 1.82) is 0 Å². The predicted molar refractivity (Wildman–Crippen MR) is 71.4 cm³/mol. The van der Waals surface area contributed by atoms with Crippen LogP contribution in [0.4, 0.5) is 5.69 Å². The topological polar surface area (TPSA) is 29.1 Å². The van der Waals surface area contributed by atoms with Crippen LogP contribution in [0.3, 0.4) is 0 Å². The van der Waals surface area contributed by atoms with Crippen LogP contribution < -0.4 is 5.32 Å². The predicted octanol–water partition coefficient (Wildman–Crippen LogP) is 4.17. The summed E-state index contributed by atoms with van der Waals surface area (Å²) >= 11 is 6.08. The fourth-order valence-electron chi connectivity index (χ4n) is 2.40. The third kappa shape index (κ3) is 3.47. The van der Waals surface area contributed by atoms with Crippen LogP contribution in [0.25, 0.3) is 0 Å². The maximum atomic E-state index is 11.8. The number of nitrogens with one attached hydrogen (secondary N) is 1. The van der Waals surface area contributed by atoms with Gasteiger partial charge in [0.2, 0.25) is 5.91 Å². The van der Waals surface area contributed by atoms with Crippen molar-refractivity contribution >= 4 is 23.2 Å². The summed E-state index contributed by atoms with van der Waals surface area (Å²) in [6.07, 6.45) is 5.54. The quantitative estimate of drug-likeness (QED) is 0.858. The maximum Gasteiger partial charge on any atom is 0.224 e. The molecule has 1 aromatic rings. The van der Waals surface area contributed by atoms with Gasteiger partial charge in [-0.15, -0.1) is 0 Å². The van der Waals surface area contributed by atoms with E-state index < -0.39 is 0 Å². The lowest BCUT2D eigenvalue weighted by Crippen LogP contribution is -2.15. The van der Waals surface area contributed by atoms with E-state index in [4.69, 9.17) is 11.6 Å². The van der Waals surface area contributed by atoms with E-state index in [9.17, 15) is 4.79 Å². The van der Waals surface area contributed by atoms with Crippen LogP contribution in [-0.4, -0.2) is 5.91 Å². The van der Waals surface area contributed by atoms with Crippen molar-refractivity contribution in [3.63, 3.8) is 0 Å². The normalized spacial score (nSPS) is 16.1. The summed E-state index contributed by atoms with van der Waals surface area (Å²) in [6, 6.07) is 5.69. The molecular formula is C14H18ClNO. The van der Waals surface area contributed by atoms with Crippen LogP contribution in [0, 0.1) is 12.8 Å². The molecule has 1 aromatic carbocycles. The highest BCUT2D eigenvalue weighted by molar-refractivity contribution is 6.33. The zero-order chi connectivity index (χ0) is 12.3. The fourth-order valence-corrected chi connectivity index (χ4v) is 2.68. The van der Waals surface area contributed by atoms with Gasteiger partial charge in [0.25, 0.3) is 0 Å². The number of hydrogen-bond donors (Lipinski definition) is 1. The molecule has 1 amide bonds. The first kappa shape index (κ1) is 12.4. The molecule has 1 saturated carbocycles. The van der Waals surface area contributed by atoms with E-state index in [2.05, 4.69) is 5.32 Å². The van der Waals surface area contributed by atoms with Gasteiger partial charge < -0.3 is 5.32 Å². The Morgan fingerprint density at radius 1 is 1.41 bits per heavy atom. The zero-order valence-electron chi connectivity index (χ0n) is 10.1. The Morgan fingerprint density at radius 3 is 2.76 bits per heavy atom. The third-order valence-electron chi connectivity index (χ3n) is 3.35. The lowest BCUT2D eigenvalue weighted by molar-refractivity contribution is -0.117. The van der Waals surface area contributed by atoms with E-state index in [1.807, 2.05) is 25.1 Å². The Balaban J connectivity index is 1.93. The average Bonchev–Trinajstić information content (AvgIpc) is 2.75. The highest BCUT2D eigenvalue weighted by atomic mass is 35.5. The molecule has 0 radical (unpaired) electrons. The molecule has 0 bridgehead atoms. The van der Waals surface area contributed by atoms with E-state index in [1.54, 1.807) is 0 Å². The largest absolute Gasteiger partial charge is 0.325 e. The van der Waals surface area contributed by atoms with Crippen molar-refractivity contribution < 1.29 is 4.79 Å². The molecule has 1 fully saturated rings. The van der Waals surface area contributed by atoms with E-state index in [0.29, 0.717) is 17.4 Å². The first-order valence-electron chi connectivity index (χ1n) is 6.21. The number of rotatable bonds is 3. The smallest absolute Gasteiger partial charge is 0.224 e. The van der Waals surface area contributed by atoms with Crippen molar-refractivity contribution in [2.75, 3.05) is 5.32 Å². The summed E-state index contributed by atoms with van der Waals surface area (Å²) in [6.45, 7) is 1.98. The molecule has 1 N–H and O–H groups in total. The molecule has 92 valence electrons. The van der Waals surface area contributed by atoms with E-state index in [-0.39, 0.29) is 5.91 Å². The van der Waals surface area contributed by atoms with Gasteiger partial charge in [-0.3, -0.25) is 4.79 Å². The first-order valence-corrected chi connectivity index (χ1v) is 6.59. The molecule has 1 aliphatic carbocycles. The van der Waals surface area contributed by atoms with Gasteiger partial charge in [0, 0.05) is 6.42 Å². The third-order valence-corrected chi connectivity index (χ3v) is 3.66. The van der Waals surface area contributed by atoms with Gasteiger partial charge in [0.15, 0.2) is 0 Å². The molecule has 3 heteroatoms. The van der Waals surface area contributed by atoms with Crippen LogP contribution in [0.5, 0.6) is 0 Å². The Kier molecular flexibility index (Phi) is 4.06. The highest BCUT2D eigenvalue weighted by Gasteiger charge is 2.18. The van der Waals surface area contributed by atoms with Gasteiger partial charge >= 0.3 is 0 Å². The number of aryl methyl sites for hydroxylation is 1. The number of halogens is 1. The van der Waals surface area contributed by atoms with Crippen LogP contribution >= 0.6 is 11.6 Å². The van der Waals surface area contributed by atoms with Crippen LogP contribution in [0.2, 0.25) is 5.02 Å². The van der Waals surface area contributed by atoms with Crippen molar-refractivity contribution in [1.82, 2.24) is 0 Å². The van der Waals surface area contributed by atoms with Gasteiger partial charge in [-0.05, 0) is 43.4 Å². The van der Waals surface area contributed by atoms with Gasteiger partial charge in [-0.2, -0.15) is 0 Å². The summed E-state index contributed by atoms with van der Waals surface area (Å²) in [5.74, 6) is 0.655. The van der Waals surface area contributed by atoms with Crippen LogP contribution in [0.1, 0.15) is 37.7 Å². The molecule has 2 nitrogen and oxygen atoms in total. The minimum Gasteiger partial charge on any atom is -0.325 e. The molecular weight excluding hydrogens is 234 g/mol. The molecule has 17 heavy (non-hydrogen) atoms. The molecule has 0 heterocycles. The van der Waals surface area contributed by atoms with Gasteiger partial charge in [0.05, 0.1) is 10.7 Å². The standard InChI is InChI=1S/C14H18ClNO/c1-10-6-7-13(12(15)8-10)16-14(17)9-11-4-2-3-5-11/h6-8,11H,2-5,9H2,1H3,(H,16,17). The lowest BCUT2D eigenvalue weighted by atomic mass is 10.0. The summed E-state index contributed by atoms with van der Waals surface area (Å²) in [7, 11) is 0. The number of benzene rings is 1. The highest BCUT2D eigenvalue weighted by Crippen LogP contribution is 2.28. The van der Waals surface area contributed by atoms with Crippen molar-refractivity contribution in [3.8, 4) is 0 Å². The Hall–Kier alpha value is -1.02. The monoisotopic (exact) mass is 251 g/mol.